The number of rotatable bonds is 13. The number of benzene rings is 11. The Morgan fingerprint density at radius 2 is 0.500 bits per heavy atom. The molecular weight excluding hydrogens is 849 g/mol. The summed E-state index contributed by atoms with van der Waals surface area (Å²) in [6.07, 6.45) is 4.29. The Bertz CT molecular complexity index is 3390. The highest BCUT2D eigenvalue weighted by molar-refractivity contribution is 5.92. The first-order valence-electron chi connectivity index (χ1n) is 23.9. The van der Waals surface area contributed by atoms with Crippen molar-refractivity contribution in [3.05, 3.63) is 284 Å². The van der Waals surface area contributed by atoms with E-state index in [2.05, 4.69) is 313 Å². The maximum Gasteiger partial charge on any atom is 0.0468 e. The van der Waals surface area contributed by atoms with Crippen LogP contribution >= 0.6 is 0 Å². The summed E-state index contributed by atoms with van der Waals surface area (Å²) < 4.78 is 0. The van der Waals surface area contributed by atoms with Crippen LogP contribution in [0.4, 0.5) is 68.2 Å². The third kappa shape index (κ3) is 8.90. The first kappa shape index (κ1) is 43.5. The molecule has 11 rings (SSSR count). The second-order valence-corrected chi connectivity index (χ2v) is 17.5. The van der Waals surface area contributed by atoms with Gasteiger partial charge in [0.1, 0.15) is 0 Å². The highest BCUT2D eigenvalue weighted by Crippen LogP contribution is 2.44. The zero-order chi connectivity index (χ0) is 47.2. The van der Waals surface area contributed by atoms with Crippen LogP contribution in [-0.4, -0.2) is 0 Å². The number of allylic oxidation sites excluding steroid dienone is 1. The largest absolute Gasteiger partial charge is 0.310 e. The number of nitrogens with zero attached hydrogens (tertiary/aromatic N) is 4. The normalized spacial score (nSPS) is 11.2. The van der Waals surface area contributed by atoms with E-state index >= 15 is 0 Å². The predicted molar refractivity (Wildman–Crippen MR) is 300 cm³/mol. The van der Waals surface area contributed by atoms with Gasteiger partial charge in [-0.15, -0.1) is 0 Å². The van der Waals surface area contributed by atoms with Crippen LogP contribution in [0.15, 0.2) is 273 Å². The molecule has 0 heterocycles. The van der Waals surface area contributed by atoms with E-state index in [9.17, 15) is 0 Å². The average Bonchev–Trinajstić information content (AvgIpc) is 3.42. The van der Waals surface area contributed by atoms with Crippen molar-refractivity contribution in [3.63, 3.8) is 0 Å². The van der Waals surface area contributed by atoms with E-state index in [1.54, 1.807) is 0 Å². The zero-order valence-electron chi connectivity index (χ0n) is 39.3. The average molecular weight is 901 g/mol. The van der Waals surface area contributed by atoms with E-state index in [1.807, 2.05) is 0 Å². The Morgan fingerprint density at radius 3 is 0.843 bits per heavy atom. The van der Waals surface area contributed by atoms with Crippen molar-refractivity contribution in [1.29, 1.82) is 0 Å². The lowest BCUT2D eigenvalue weighted by molar-refractivity contribution is 1.24. The van der Waals surface area contributed by atoms with Crippen LogP contribution < -0.4 is 19.6 Å². The molecule has 0 aliphatic rings. The van der Waals surface area contributed by atoms with Gasteiger partial charge in [0.25, 0.3) is 0 Å². The van der Waals surface area contributed by atoms with Gasteiger partial charge in [-0.05, 0) is 192 Å². The van der Waals surface area contributed by atoms with E-state index in [4.69, 9.17) is 0 Å². The Kier molecular flexibility index (Phi) is 12.2. The number of hydrogen-bond donors (Lipinski definition) is 0. The van der Waals surface area contributed by atoms with E-state index < -0.39 is 0 Å². The predicted octanol–water partition coefficient (Wildman–Crippen LogP) is 19.2. The van der Waals surface area contributed by atoms with Crippen molar-refractivity contribution in [3.8, 4) is 0 Å². The summed E-state index contributed by atoms with van der Waals surface area (Å²) in [5.74, 6) is 0. The fourth-order valence-electron chi connectivity index (χ4n) is 9.53. The molecule has 4 nitrogen and oxygen atoms in total. The van der Waals surface area contributed by atoms with E-state index in [-0.39, 0.29) is 0 Å². The molecule has 70 heavy (non-hydrogen) atoms. The molecule has 11 aromatic rings. The smallest absolute Gasteiger partial charge is 0.0468 e. The van der Waals surface area contributed by atoms with Gasteiger partial charge in [0.2, 0.25) is 0 Å². The van der Waals surface area contributed by atoms with Crippen LogP contribution in [0.1, 0.15) is 18.1 Å². The van der Waals surface area contributed by atoms with Crippen LogP contribution in [0.3, 0.4) is 0 Å². The molecule has 4 heteroatoms. The molecule has 0 aliphatic heterocycles. The molecule has 0 unspecified atom stereocenters. The lowest BCUT2D eigenvalue weighted by atomic mass is 10.1. The molecule has 0 fully saturated rings. The zero-order valence-corrected chi connectivity index (χ0v) is 39.3. The molecule has 336 valence electrons. The number of hydrogen-bond acceptors (Lipinski definition) is 4. The number of fused-ring (bicyclic) bond motifs is 2. The molecule has 0 bridgehead atoms. The standard InChI is InChI=1S/C66H52N4/c1-3-17-52-46-64(31-28-49(52)2)68(55-22-7-4-8-23-55)61-40-34-58(35-41-61)67(59-36-42-62(43-37-59)69(56-24-9-5-10-25-56)65-32-29-50-18-13-15-20-53(50)47-65)60-38-44-63(45-39-60)70(57-26-11-6-12-27-57)66-33-30-51-19-14-16-21-54(51)48-66/h3-48H,1-2H3/b17-3-. The van der Waals surface area contributed by atoms with Crippen molar-refractivity contribution in [2.75, 3.05) is 19.6 Å². The molecular formula is C66H52N4. The Balaban J connectivity index is 1.01. The maximum atomic E-state index is 2.35. The monoisotopic (exact) mass is 900 g/mol. The summed E-state index contributed by atoms with van der Waals surface area (Å²) in [6, 6.07) is 95.9. The highest BCUT2D eigenvalue weighted by atomic mass is 15.2. The quantitative estimate of drug-likeness (QED) is 0.114. The minimum atomic E-state index is 1.04. The van der Waals surface area contributed by atoms with Gasteiger partial charge in [-0.2, -0.15) is 0 Å². The molecule has 0 atom stereocenters. The highest BCUT2D eigenvalue weighted by Gasteiger charge is 2.20. The van der Waals surface area contributed by atoms with Gasteiger partial charge in [0.15, 0.2) is 0 Å². The molecule has 0 aliphatic carbocycles. The van der Waals surface area contributed by atoms with Crippen molar-refractivity contribution >= 4 is 95.9 Å². The maximum absolute atomic E-state index is 2.35. The van der Waals surface area contributed by atoms with Gasteiger partial charge in [-0.3, -0.25) is 0 Å². The van der Waals surface area contributed by atoms with Gasteiger partial charge in [-0.25, -0.2) is 0 Å². The molecule has 0 radical (unpaired) electrons. The summed E-state index contributed by atoms with van der Waals surface area (Å²) in [5, 5.41) is 4.84. The molecule has 0 saturated heterocycles. The van der Waals surface area contributed by atoms with E-state index in [0.717, 1.165) is 68.2 Å². The summed E-state index contributed by atoms with van der Waals surface area (Å²) in [4.78, 5) is 9.35. The molecule has 0 N–H and O–H groups in total. The van der Waals surface area contributed by atoms with Gasteiger partial charge < -0.3 is 19.6 Å². The Morgan fingerprint density at radius 1 is 0.243 bits per heavy atom. The number of aryl methyl sites for hydroxylation is 1. The van der Waals surface area contributed by atoms with Crippen molar-refractivity contribution in [2.24, 2.45) is 0 Å². The van der Waals surface area contributed by atoms with Crippen molar-refractivity contribution < 1.29 is 0 Å². The fraction of sp³-hybridized carbons (Fsp3) is 0.0303. The summed E-state index contributed by atoms with van der Waals surface area (Å²) in [5.41, 5.74) is 15.4. The summed E-state index contributed by atoms with van der Waals surface area (Å²) in [7, 11) is 0. The lowest BCUT2D eigenvalue weighted by Crippen LogP contribution is -2.14. The topological polar surface area (TPSA) is 13.0 Å². The second-order valence-electron chi connectivity index (χ2n) is 17.5. The fourth-order valence-corrected chi connectivity index (χ4v) is 9.53. The molecule has 0 aromatic heterocycles. The number of para-hydroxylation sites is 3. The molecule has 0 saturated carbocycles. The third-order valence-corrected chi connectivity index (χ3v) is 13.0. The van der Waals surface area contributed by atoms with Crippen LogP contribution in [0, 0.1) is 6.92 Å². The summed E-state index contributed by atoms with van der Waals surface area (Å²) >= 11 is 0. The van der Waals surface area contributed by atoms with E-state index in [1.165, 1.54) is 32.7 Å². The van der Waals surface area contributed by atoms with Gasteiger partial charge in [0, 0.05) is 68.2 Å². The van der Waals surface area contributed by atoms with Gasteiger partial charge in [0.05, 0.1) is 0 Å². The molecule has 0 amide bonds. The number of anilines is 12. The third-order valence-electron chi connectivity index (χ3n) is 13.0. The first-order valence-corrected chi connectivity index (χ1v) is 23.9. The molecule has 11 aromatic carbocycles. The van der Waals surface area contributed by atoms with Gasteiger partial charge >= 0.3 is 0 Å². The van der Waals surface area contributed by atoms with Crippen LogP contribution in [0.2, 0.25) is 0 Å². The van der Waals surface area contributed by atoms with Crippen molar-refractivity contribution in [2.45, 2.75) is 13.8 Å². The second kappa shape index (κ2) is 19.6. The van der Waals surface area contributed by atoms with Crippen LogP contribution in [0.5, 0.6) is 0 Å². The summed E-state index contributed by atoms with van der Waals surface area (Å²) in [6.45, 7) is 4.24. The first-order chi connectivity index (χ1) is 34.6. The van der Waals surface area contributed by atoms with Crippen LogP contribution in [0.25, 0.3) is 27.6 Å². The van der Waals surface area contributed by atoms with E-state index in [0.29, 0.717) is 0 Å². The minimum absolute atomic E-state index is 1.04. The minimum Gasteiger partial charge on any atom is -0.310 e. The SMILES string of the molecule is C/C=C\c1cc(N(c2ccccc2)c2ccc(N(c3ccc(N(c4ccccc4)c4ccc5ccccc5c4)cc3)c3ccc(N(c4ccccc4)c4ccc5ccccc5c4)cc3)cc2)ccc1C. The van der Waals surface area contributed by atoms with Crippen LogP contribution in [-0.2, 0) is 0 Å². The Hall–Kier alpha value is -9.12. The Labute approximate surface area is 411 Å². The van der Waals surface area contributed by atoms with Crippen molar-refractivity contribution in [1.82, 2.24) is 0 Å². The molecule has 0 spiro atoms. The lowest BCUT2D eigenvalue weighted by Gasteiger charge is -2.30. The van der Waals surface area contributed by atoms with Gasteiger partial charge in [-0.1, -0.05) is 133 Å².